The minimum atomic E-state index is -0.328. The molecule has 5 heteroatoms. The van der Waals surface area contributed by atoms with E-state index in [4.69, 9.17) is 0 Å². The Labute approximate surface area is 226 Å². The number of rotatable bonds is 9. The Morgan fingerprint density at radius 3 is 2.24 bits per heavy atom. The van der Waals surface area contributed by atoms with Crippen LogP contribution >= 0.6 is 11.8 Å². The van der Waals surface area contributed by atoms with E-state index < -0.39 is 0 Å². The molecule has 37 heavy (non-hydrogen) atoms. The SMILES string of the molecule is CCCN(CCCN(C)C)C1(C=C2C=Cc3ccccc3N2c2ccccc2)Sc2ccccc2N1C. The summed E-state index contributed by atoms with van der Waals surface area (Å²) in [4.78, 5) is 10.9. The van der Waals surface area contributed by atoms with Crippen molar-refractivity contribution in [2.24, 2.45) is 0 Å². The average Bonchev–Trinajstić information content (AvgIpc) is 3.20. The molecule has 0 bridgehead atoms. The van der Waals surface area contributed by atoms with E-state index in [2.05, 4.69) is 145 Å². The lowest BCUT2D eigenvalue weighted by Crippen LogP contribution is -2.55. The summed E-state index contributed by atoms with van der Waals surface area (Å²) in [5.74, 6) is 0. The summed E-state index contributed by atoms with van der Waals surface area (Å²) >= 11 is 1.97. The Morgan fingerprint density at radius 1 is 0.811 bits per heavy atom. The van der Waals surface area contributed by atoms with Gasteiger partial charge in [-0.1, -0.05) is 73.3 Å². The number of thioether (sulfide) groups is 1. The Hall–Kier alpha value is -2.99. The van der Waals surface area contributed by atoms with Gasteiger partial charge in [-0.3, -0.25) is 4.90 Å². The van der Waals surface area contributed by atoms with Gasteiger partial charge in [0, 0.05) is 36.4 Å². The van der Waals surface area contributed by atoms with Crippen LogP contribution in [0.2, 0.25) is 0 Å². The minimum absolute atomic E-state index is 0.328. The molecule has 0 fully saturated rings. The van der Waals surface area contributed by atoms with Crippen LogP contribution in [0.25, 0.3) is 6.08 Å². The highest BCUT2D eigenvalue weighted by Crippen LogP contribution is 2.53. The number of fused-ring (bicyclic) bond motifs is 2. The fourth-order valence-corrected chi connectivity index (χ4v) is 6.90. The first kappa shape index (κ1) is 25.7. The van der Waals surface area contributed by atoms with Crippen molar-refractivity contribution in [3.05, 3.63) is 102 Å². The van der Waals surface area contributed by atoms with Gasteiger partial charge >= 0.3 is 0 Å². The van der Waals surface area contributed by atoms with Gasteiger partial charge in [-0.15, -0.1) is 0 Å². The van der Waals surface area contributed by atoms with E-state index in [0.717, 1.165) is 32.5 Å². The highest BCUT2D eigenvalue weighted by molar-refractivity contribution is 8.01. The molecule has 192 valence electrons. The van der Waals surface area contributed by atoms with Crippen LogP contribution in [0, 0.1) is 0 Å². The second-order valence-electron chi connectivity index (χ2n) is 10.1. The first-order valence-electron chi connectivity index (χ1n) is 13.3. The molecule has 2 aliphatic heterocycles. The molecule has 4 nitrogen and oxygen atoms in total. The Balaban J connectivity index is 1.65. The molecule has 0 N–H and O–H groups in total. The normalized spacial score (nSPS) is 19.7. The topological polar surface area (TPSA) is 13.0 Å². The molecule has 0 aliphatic carbocycles. The molecule has 0 saturated heterocycles. The van der Waals surface area contributed by atoms with Gasteiger partial charge in [-0.2, -0.15) is 0 Å². The Bertz CT molecular complexity index is 1270. The Kier molecular flexibility index (Phi) is 7.75. The monoisotopic (exact) mass is 510 g/mol. The van der Waals surface area contributed by atoms with Crippen molar-refractivity contribution in [1.29, 1.82) is 0 Å². The number of allylic oxidation sites excluding steroid dienone is 1. The lowest BCUT2D eigenvalue weighted by molar-refractivity contribution is 0.194. The van der Waals surface area contributed by atoms with Crippen molar-refractivity contribution in [3.8, 4) is 0 Å². The molecular weight excluding hydrogens is 472 g/mol. The smallest absolute Gasteiger partial charge is 0.168 e. The third kappa shape index (κ3) is 5.08. The van der Waals surface area contributed by atoms with Crippen molar-refractivity contribution in [2.75, 3.05) is 50.6 Å². The molecule has 3 aromatic rings. The van der Waals surface area contributed by atoms with Crippen LogP contribution in [0.5, 0.6) is 0 Å². The standard InChI is InChI=1S/C32H38N4S/c1-5-22-35(24-13-23-33(2)3)32(34(4)30-18-11-12-19-31(30)37-32)25-28-21-20-26-14-9-10-17-29(26)36(28)27-15-7-6-8-16-27/h6-12,14-21,25H,5,13,22-24H2,1-4H3. The van der Waals surface area contributed by atoms with Gasteiger partial charge in [0.05, 0.1) is 11.4 Å². The lowest BCUT2D eigenvalue weighted by atomic mass is 10.0. The fourth-order valence-electron chi connectivity index (χ4n) is 5.39. The van der Waals surface area contributed by atoms with E-state index >= 15 is 0 Å². The first-order valence-corrected chi connectivity index (χ1v) is 14.1. The number of nitrogens with zero attached hydrogens (tertiary/aromatic N) is 4. The number of benzene rings is 3. The summed E-state index contributed by atoms with van der Waals surface area (Å²) in [6.07, 6.45) is 9.29. The molecule has 1 unspecified atom stereocenters. The van der Waals surface area contributed by atoms with Crippen LogP contribution in [0.1, 0.15) is 25.3 Å². The maximum absolute atomic E-state index is 2.69. The molecule has 0 aromatic heterocycles. The number of hydrogen-bond donors (Lipinski definition) is 0. The van der Waals surface area contributed by atoms with E-state index in [1.807, 2.05) is 11.8 Å². The molecule has 0 radical (unpaired) electrons. The van der Waals surface area contributed by atoms with Crippen LogP contribution in [0.15, 0.2) is 102 Å². The van der Waals surface area contributed by atoms with Gasteiger partial charge in [0.25, 0.3) is 0 Å². The third-order valence-electron chi connectivity index (χ3n) is 7.17. The summed E-state index contributed by atoms with van der Waals surface area (Å²) in [6.45, 7) is 5.44. The summed E-state index contributed by atoms with van der Waals surface area (Å²) < 4.78 is 0. The zero-order valence-electron chi connectivity index (χ0n) is 22.5. The summed E-state index contributed by atoms with van der Waals surface area (Å²) in [5.41, 5.74) is 6.13. The van der Waals surface area contributed by atoms with Crippen LogP contribution in [0.4, 0.5) is 17.1 Å². The van der Waals surface area contributed by atoms with E-state index in [1.54, 1.807) is 0 Å². The Morgan fingerprint density at radius 2 is 1.51 bits per heavy atom. The summed E-state index contributed by atoms with van der Waals surface area (Å²) in [7, 11) is 6.59. The third-order valence-corrected chi connectivity index (χ3v) is 8.68. The van der Waals surface area contributed by atoms with Gasteiger partial charge in [0.2, 0.25) is 0 Å². The average molecular weight is 511 g/mol. The molecule has 0 amide bonds. The van der Waals surface area contributed by atoms with E-state index in [-0.39, 0.29) is 4.99 Å². The molecule has 0 spiro atoms. The number of likely N-dealkylation sites (N-methyl/N-ethyl adjacent to an activating group) is 1. The summed E-state index contributed by atoms with van der Waals surface area (Å²) in [6, 6.07) is 28.3. The molecule has 1 atom stereocenters. The largest absolute Gasteiger partial charge is 0.343 e. The van der Waals surface area contributed by atoms with Crippen molar-refractivity contribution >= 4 is 34.9 Å². The fraction of sp³-hybridized carbons (Fsp3) is 0.312. The zero-order valence-corrected chi connectivity index (χ0v) is 23.3. The van der Waals surface area contributed by atoms with Crippen molar-refractivity contribution in [3.63, 3.8) is 0 Å². The molecule has 5 rings (SSSR count). The van der Waals surface area contributed by atoms with Crippen molar-refractivity contribution < 1.29 is 0 Å². The quantitative estimate of drug-likeness (QED) is 0.299. The summed E-state index contributed by atoms with van der Waals surface area (Å²) in [5, 5.41) is 0. The van der Waals surface area contributed by atoms with Crippen LogP contribution in [-0.4, -0.2) is 55.6 Å². The van der Waals surface area contributed by atoms with E-state index in [9.17, 15) is 0 Å². The maximum atomic E-state index is 2.69. The van der Waals surface area contributed by atoms with Crippen LogP contribution in [-0.2, 0) is 0 Å². The predicted molar refractivity (Wildman–Crippen MR) is 161 cm³/mol. The number of hydrogen-bond acceptors (Lipinski definition) is 5. The van der Waals surface area contributed by atoms with E-state index in [0.29, 0.717) is 0 Å². The lowest BCUT2D eigenvalue weighted by Gasteiger charge is -2.45. The highest BCUT2D eigenvalue weighted by atomic mass is 32.2. The first-order chi connectivity index (χ1) is 18.0. The van der Waals surface area contributed by atoms with Gasteiger partial charge in [0.1, 0.15) is 0 Å². The van der Waals surface area contributed by atoms with Gasteiger partial charge in [-0.05, 0) is 81.5 Å². The second-order valence-corrected chi connectivity index (χ2v) is 11.3. The van der Waals surface area contributed by atoms with Crippen LogP contribution < -0.4 is 9.80 Å². The van der Waals surface area contributed by atoms with E-state index in [1.165, 1.54) is 33.2 Å². The van der Waals surface area contributed by atoms with Gasteiger partial charge in [-0.25, -0.2) is 0 Å². The highest BCUT2D eigenvalue weighted by Gasteiger charge is 2.46. The van der Waals surface area contributed by atoms with Crippen LogP contribution in [0.3, 0.4) is 0 Å². The second kappa shape index (κ2) is 11.2. The van der Waals surface area contributed by atoms with Crippen molar-refractivity contribution in [2.45, 2.75) is 29.7 Å². The molecule has 2 aliphatic rings. The molecule has 3 aromatic carbocycles. The maximum Gasteiger partial charge on any atom is 0.168 e. The zero-order chi connectivity index (χ0) is 25.8. The van der Waals surface area contributed by atoms with Gasteiger partial charge in [0.15, 0.2) is 4.99 Å². The molecular formula is C32H38N4S. The molecule has 2 heterocycles. The minimum Gasteiger partial charge on any atom is -0.343 e. The predicted octanol–water partition coefficient (Wildman–Crippen LogP) is 7.30. The van der Waals surface area contributed by atoms with Gasteiger partial charge < -0.3 is 14.7 Å². The van der Waals surface area contributed by atoms with Crippen molar-refractivity contribution in [1.82, 2.24) is 9.80 Å². The number of anilines is 3. The molecule has 0 saturated carbocycles. The number of para-hydroxylation sites is 3.